The predicted molar refractivity (Wildman–Crippen MR) is 213 cm³/mol. The van der Waals surface area contributed by atoms with Gasteiger partial charge in [-0.2, -0.15) is 0 Å². The van der Waals surface area contributed by atoms with Crippen molar-refractivity contribution in [3.63, 3.8) is 0 Å². The van der Waals surface area contributed by atoms with Crippen molar-refractivity contribution in [1.82, 2.24) is 0 Å². The second-order valence-corrected chi connectivity index (χ2v) is 17.8. The Morgan fingerprint density at radius 2 is 0.731 bits per heavy atom. The van der Waals surface area contributed by atoms with Gasteiger partial charge in [-0.05, 0) is 134 Å². The first kappa shape index (κ1) is 33.9. The second-order valence-electron chi connectivity index (χ2n) is 17.8. The SMILES string of the molecule is CC1(C)c2ccccc2-c2cc3c(cc21)-c1ccccc1C3(c1ccc(B2OC(C)(C)C(C)(C)O2)cc1)c1ccc(B2OC(C)(C)C(C)(C)O2)cc1. The van der Waals surface area contributed by atoms with Crippen LogP contribution >= 0.6 is 0 Å². The van der Waals surface area contributed by atoms with Crippen molar-refractivity contribution in [2.24, 2.45) is 0 Å². The van der Waals surface area contributed by atoms with Crippen molar-refractivity contribution >= 4 is 25.2 Å². The minimum Gasteiger partial charge on any atom is -0.399 e. The van der Waals surface area contributed by atoms with Gasteiger partial charge < -0.3 is 18.6 Å². The van der Waals surface area contributed by atoms with E-state index < -0.39 is 42.1 Å². The molecule has 2 fully saturated rings. The van der Waals surface area contributed by atoms with E-state index in [0.29, 0.717) is 0 Å². The molecule has 0 atom stereocenters. The number of rotatable bonds is 4. The minimum atomic E-state index is -0.578. The third-order valence-electron chi connectivity index (χ3n) is 13.5. The zero-order valence-corrected chi connectivity index (χ0v) is 32.2. The number of hydrogen-bond acceptors (Lipinski definition) is 4. The zero-order chi connectivity index (χ0) is 36.6. The quantitative estimate of drug-likeness (QED) is 0.174. The monoisotopic (exact) mass is 686 g/mol. The van der Waals surface area contributed by atoms with Crippen molar-refractivity contribution in [2.75, 3.05) is 0 Å². The van der Waals surface area contributed by atoms with Gasteiger partial charge in [-0.15, -0.1) is 0 Å². The first-order chi connectivity index (χ1) is 24.5. The number of fused-ring (bicyclic) bond motifs is 6. The van der Waals surface area contributed by atoms with E-state index >= 15 is 0 Å². The van der Waals surface area contributed by atoms with Crippen molar-refractivity contribution in [3.8, 4) is 22.3 Å². The molecule has 4 aliphatic rings. The van der Waals surface area contributed by atoms with Crippen molar-refractivity contribution in [1.29, 1.82) is 0 Å². The predicted octanol–water partition coefficient (Wildman–Crippen LogP) is 8.95. The smallest absolute Gasteiger partial charge is 0.399 e. The summed E-state index contributed by atoms with van der Waals surface area (Å²) in [5, 5.41) is 0. The van der Waals surface area contributed by atoms with Gasteiger partial charge >= 0.3 is 14.2 Å². The third-order valence-corrected chi connectivity index (χ3v) is 13.5. The van der Waals surface area contributed by atoms with Gasteiger partial charge in [0.1, 0.15) is 0 Å². The minimum absolute atomic E-state index is 0.101. The van der Waals surface area contributed by atoms with Crippen LogP contribution in [-0.4, -0.2) is 36.6 Å². The van der Waals surface area contributed by atoms with Crippen LogP contribution in [0, 0.1) is 0 Å². The van der Waals surface area contributed by atoms with E-state index in [0.717, 1.165) is 10.9 Å². The van der Waals surface area contributed by atoms with E-state index in [9.17, 15) is 0 Å². The molecule has 2 saturated heterocycles. The molecule has 0 radical (unpaired) electrons. The standard InChI is InChI=1S/C46H48B2O4/c1-41(2)37-17-13-11-15-33(37)35-28-40-36(27-39(35)41)34-16-12-14-18-38(34)46(40,29-19-23-31(24-20-29)47-49-42(3,4)43(5,6)50-47)30-21-25-32(26-22-30)48-51-44(7,8)45(9,10)52-48/h11-28H,1-10H3. The summed E-state index contributed by atoms with van der Waals surface area (Å²) in [6.07, 6.45) is 0. The lowest BCUT2D eigenvalue weighted by Gasteiger charge is -2.34. The Kier molecular flexibility index (Phi) is 7.05. The summed E-state index contributed by atoms with van der Waals surface area (Å²) in [6.45, 7) is 21.6. The lowest BCUT2D eigenvalue weighted by atomic mass is 9.65. The normalized spacial score (nSPS) is 21.8. The summed E-state index contributed by atoms with van der Waals surface area (Å²) in [7, 11) is -0.862. The Bertz CT molecular complexity index is 2140. The summed E-state index contributed by atoms with van der Waals surface area (Å²) >= 11 is 0. The van der Waals surface area contributed by atoms with Crippen LogP contribution in [0.1, 0.15) is 103 Å². The molecule has 5 aromatic carbocycles. The Labute approximate surface area is 310 Å². The van der Waals surface area contributed by atoms with Gasteiger partial charge in [0, 0.05) is 5.41 Å². The molecule has 0 amide bonds. The third kappa shape index (κ3) is 4.51. The molecule has 6 heteroatoms. The summed E-state index contributed by atoms with van der Waals surface area (Å²) in [5.41, 5.74) is 12.7. The molecule has 2 heterocycles. The summed E-state index contributed by atoms with van der Waals surface area (Å²) in [6, 6.07) is 40.9. The molecular formula is C46H48B2O4. The molecule has 0 N–H and O–H groups in total. The molecule has 2 aliphatic heterocycles. The lowest BCUT2D eigenvalue weighted by molar-refractivity contribution is 0.00578. The molecule has 4 nitrogen and oxygen atoms in total. The van der Waals surface area contributed by atoms with Gasteiger partial charge in [-0.25, -0.2) is 0 Å². The van der Waals surface area contributed by atoms with Gasteiger partial charge in [0.05, 0.1) is 27.8 Å². The van der Waals surface area contributed by atoms with Gasteiger partial charge in [0.15, 0.2) is 0 Å². The van der Waals surface area contributed by atoms with Gasteiger partial charge in [-0.1, -0.05) is 111 Å². The highest BCUT2D eigenvalue weighted by Gasteiger charge is 2.54. The fraction of sp³-hybridized carbons (Fsp3) is 0.348. The fourth-order valence-electron chi connectivity index (χ4n) is 9.00. The van der Waals surface area contributed by atoms with Gasteiger partial charge in [0.25, 0.3) is 0 Å². The van der Waals surface area contributed by atoms with Crippen molar-refractivity contribution in [3.05, 3.63) is 143 Å². The molecule has 0 spiro atoms. The number of benzene rings is 5. The maximum absolute atomic E-state index is 6.49. The van der Waals surface area contributed by atoms with E-state index in [1.54, 1.807) is 0 Å². The summed E-state index contributed by atoms with van der Waals surface area (Å²) in [5.74, 6) is 0. The molecule has 0 saturated carbocycles. The highest BCUT2D eigenvalue weighted by Crippen LogP contribution is 2.60. The van der Waals surface area contributed by atoms with Crippen LogP contribution in [0.4, 0.5) is 0 Å². The maximum Gasteiger partial charge on any atom is 0.494 e. The lowest BCUT2D eigenvalue weighted by Crippen LogP contribution is -2.41. The van der Waals surface area contributed by atoms with E-state index in [-0.39, 0.29) is 5.41 Å². The van der Waals surface area contributed by atoms with Gasteiger partial charge in [-0.3, -0.25) is 0 Å². The fourth-order valence-corrected chi connectivity index (χ4v) is 9.00. The molecule has 2 aliphatic carbocycles. The maximum atomic E-state index is 6.49. The summed E-state index contributed by atoms with van der Waals surface area (Å²) in [4.78, 5) is 0. The van der Waals surface area contributed by atoms with E-state index in [1.165, 1.54) is 55.6 Å². The van der Waals surface area contributed by atoms with Crippen LogP contribution in [0.15, 0.2) is 109 Å². The molecule has 52 heavy (non-hydrogen) atoms. The number of hydrogen-bond donors (Lipinski definition) is 0. The summed E-state index contributed by atoms with van der Waals surface area (Å²) < 4.78 is 25.9. The van der Waals surface area contributed by atoms with E-state index in [2.05, 4.69) is 178 Å². The van der Waals surface area contributed by atoms with Crippen LogP contribution in [0.3, 0.4) is 0 Å². The largest absolute Gasteiger partial charge is 0.494 e. The van der Waals surface area contributed by atoms with Crippen molar-refractivity contribution in [2.45, 2.75) is 102 Å². The molecule has 9 rings (SSSR count). The van der Waals surface area contributed by atoms with Crippen LogP contribution < -0.4 is 10.9 Å². The van der Waals surface area contributed by atoms with Crippen LogP contribution in [0.2, 0.25) is 0 Å². The van der Waals surface area contributed by atoms with Crippen molar-refractivity contribution < 1.29 is 18.6 Å². The Morgan fingerprint density at radius 3 is 1.19 bits per heavy atom. The van der Waals surface area contributed by atoms with Gasteiger partial charge in [0.2, 0.25) is 0 Å². The highest BCUT2D eigenvalue weighted by molar-refractivity contribution is 6.62. The molecule has 262 valence electrons. The molecule has 0 bridgehead atoms. The molecular weight excluding hydrogens is 638 g/mol. The molecule has 0 unspecified atom stereocenters. The van der Waals surface area contributed by atoms with Crippen LogP contribution in [-0.2, 0) is 29.4 Å². The van der Waals surface area contributed by atoms with E-state index in [1.807, 2.05) is 0 Å². The second kappa shape index (κ2) is 10.8. The topological polar surface area (TPSA) is 36.9 Å². The Morgan fingerprint density at radius 1 is 0.365 bits per heavy atom. The first-order valence-electron chi connectivity index (χ1n) is 18.8. The van der Waals surface area contributed by atoms with Crippen LogP contribution in [0.25, 0.3) is 22.3 Å². The Balaban J connectivity index is 1.25. The average molecular weight is 687 g/mol. The van der Waals surface area contributed by atoms with Crippen LogP contribution in [0.5, 0.6) is 0 Å². The highest BCUT2D eigenvalue weighted by atomic mass is 16.7. The molecule has 0 aromatic heterocycles. The molecule has 5 aromatic rings. The van der Waals surface area contributed by atoms with E-state index in [4.69, 9.17) is 18.6 Å². The Hall–Kier alpha value is -3.93. The first-order valence-corrected chi connectivity index (χ1v) is 18.8. The zero-order valence-electron chi connectivity index (χ0n) is 32.2. The average Bonchev–Trinajstić information content (AvgIpc) is 3.69.